The third kappa shape index (κ3) is 6.30. The Bertz CT molecular complexity index is 1630. The van der Waals surface area contributed by atoms with Gasteiger partial charge in [0.05, 0.1) is 43.0 Å². The number of tetrazole rings is 1. The molecule has 2 aromatic heterocycles. The summed E-state index contributed by atoms with van der Waals surface area (Å²) in [5.41, 5.74) is 5.35. The molecule has 5 rings (SSSR count). The number of carbonyl (C=O) groups is 1. The minimum atomic E-state index is -0.841. The van der Waals surface area contributed by atoms with Gasteiger partial charge in [-0.25, -0.2) is 4.79 Å². The van der Waals surface area contributed by atoms with Crippen LogP contribution in [0, 0.1) is 10.1 Å². The number of fused-ring (bicyclic) bond motifs is 1. The molecule has 0 aliphatic heterocycles. The van der Waals surface area contributed by atoms with Gasteiger partial charge in [0, 0.05) is 5.56 Å². The van der Waals surface area contributed by atoms with Gasteiger partial charge in [-0.2, -0.15) is 10.2 Å². The van der Waals surface area contributed by atoms with E-state index in [1.54, 1.807) is 12.1 Å². The molecule has 0 aliphatic carbocycles. The number of H-pyrrole nitrogens is 1. The van der Waals surface area contributed by atoms with Crippen LogP contribution < -0.4 is 4.74 Å². The van der Waals surface area contributed by atoms with Crippen molar-refractivity contribution in [3.8, 4) is 28.5 Å². The summed E-state index contributed by atoms with van der Waals surface area (Å²) in [6, 6.07) is 21.5. The summed E-state index contributed by atoms with van der Waals surface area (Å²) < 4.78 is 13.2. The SMILES string of the molecule is CCOc1nc2cccc(C(=O)OCCCCO[N+](=O)[O-])c2n1Cc1ccc(-c2ccccc2-c2nn[nH]n2)cc1. The van der Waals surface area contributed by atoms with Gasteiger partial charge in [-0.15, -0.1) is 20.3 Å². The number of ether oxygens (including phenoxy) is 2. The van der Waals surface area contributed by atoms with E-state index in [2.05, 4.69) is 30.4 Å². The van der Waals surface area contributed by atoms with Crippen molar-refractivity contribution < 1.29 is 24.2 Å². The molecule has 0 fully saturated rings. The maximum Gasteiger partial charge on any atom is 0.340 e. The van der Waals surface area contributed by atoms with Crippen LogP contribution in [0.15, 0.2) is 66.7 Å². The number of imidazole rings is 1. The van der Waals surface area contributed by atoms with Crippen molar-refractivity contribution in [1.82, 2.24) is 30.2 Å². The standard InChI is InChI=1S/C28H27N7O6/c1-2-39-28-29-24-11-7-10-23(27(36)40-16-5-6-17-41-35(37)38)25(24)34(28)18-19-12-14-20(15-13-19)21-8-3-4-9-22(21)26-30-32-33-31-26/h3-4,7-15H,2,5-6,16-18H2,1H3,(H,30,31,32,33). The highest BCUT2D eigenvalue weighted by molar-refractivity contribution is 6.02. The summed E-state index contributed by atoms with van der Waals surface area (Å²) in [6.07, 6.45) is 0.821. The summed E-state index contributed by atoms with van der Waals surface area (Å²) >= 11 is 0. The summed E-state index contributed by atoms with van der Waals surface area (Å²) in [6.45, 7) is 2.74. The Hall–Kier alpha value is -5.33. The topological polar surface area (TPSA) is 160 Å². The van der Waals surface area contributed by atoms with Gasteiger partial charge < -0.3 is 14.3 Å². The highest BCUT2D eigenvalue weighted by Gasteiger charge is 2.20. The van der Waals surface area contributed by atoms with Crippen LogP contribution in [0.25, 0.3) is 33.5 Å². The van der Waals surface area contributed by atoms with Crippen molar-refractivity contribution in [3.05, 3.63) is 88.0 Å². The van der Waals surface area contributed by atoms with E-state index in [1.165, 1.54) is 0 Å². The normalized spacial score (nSPS) is 11.0. The number of hydrogen-bond donors (Lipinski definition) is 1. The average Bonchev–Trinajstić information content (AvgIpc) is 3.64. The molecule has 0 spiro atoms. The number of nitrogens with zero attached hydrogens (tertiary/aromatic N) is 6. The monoisotopic (exact) mass is 557 g/mol. The molecule has 0 aliphatic rings. The number of aromatic nitrogens is 6. The second-order valence-electron chi connectivity index (χ2n) is 8.96. The maximum absolute atomic E-state index is 13.0. The van der Waals surface area contributed by atoms with E-state index >= 15 is 0 Å². The molecule has 210 valence electrons. The first-order chi connectivity index (χ1) is 20.0. The van der Waals surface area contributed by atoms with Crippen molar-refractivity contribution in [2.75, 3.05) is 19.8 Å². The molecule has 0 atom stereocenters. The third-order valence-electron chi connectivity index (χ3n) is 6.31. The number of unbranched alkanes of at least 4 members (excludes halogenated alkanes) is 1. The molecule has 0 amide bonds. The lowest BCUT2D eigenvalue weighted by molar-refractivity contribution is -0.757. The number of rotatable bonds is 13. The molecule has 0 radical (unpaired) electrons. The van der Waals surface area contributed by atoms with Crippen molar-refractivity contribution >= 4 is 17.0 Å². The van der Waals surface area contributed by atoms with Crippen molar-refractivity contribution in [2.45, 2.75) is 26.3 Å². The maximum atomic E-state index is 13.0. The molecule has 0 unspecified atom stereocenters. The van der Waals surface area contributed by atoms with Gasteiger partial charge in [-0.05, 0) is 53.8 Å². The lowest BCUT2D eigenvalue weighted by Crippen LogP contribution is -2.11. The first kappa shape index (κ1) is 27.2. The highest BCUT2D eigenvalue weighted by atomic mass is 16.9. The number of carbonyl (C=O) groups excluding carboxylic acids is 1. The first-order valence-corrected chi connectivity index (χ1v) is 13.0. The zero-order valence-corrected chi connectivity index (χ0v) is 22.2. The van der Waals surface area contributed by atoms with E-state index in [9.17, 15) is 14.9 Å². The van der Waals surface area contributed by atoms with E-state index in [4.69, 9.17) is 9.47 Å². The van der Waals surface area contributed by atoms with Crippen LogP contribution >= 0.6 is 0 Å². The van der Waals surface area contributed by atoms with Gasteiger partial charge in [0.15, 0.2) is 0 Å². The van der Waals surface area contributed by atoms with Gasteiger partial charge in [-0.3, -0.25) is 4.57 Å². The molecule has 13 nitrogen and oxygen atoms in total. The Morgan fingerprint density at radius 2 is 1.78 bits per heavy atom. The number of aromatic amines is 1. The van der Waals surface area contributed by atoms with Gasteiger partial charge in [0.25, 0.3) is 11.1 Å². The summed E-state index contributed by atoms with van der Waals surface area (Å²) in [5.74, 6) is 0.00337. The third-order valence-corrected chi connectivity index (χ3v) is 6.31. The number of esters is 1. The minimum Gasteiger partial charge on any atom is -0.465 e. The van der Waals surface area contributed by atoms with Gasteiger partial charge >= 0.3 is 5.97 Å². The van der Waals surface area contributed by atoms with E-state index in [1.807, 2.05) is 66.1 Å². The molecule has 3 aromatic carbocycles. The fraction of sp³-hybridized carbons (Fsp3) is 0.250. The minimum absolute atomic E-state index is 0.0495. The average molecular weight is 558 g/mol. The Balaban J connectivity index is 1.38. The molecule has 1 N–H and O–H groups in total. The number of benzene rings is 3. The zero-order valence-electron chi connectivity index (χ0n) is 22.2. The van der Waals surface area contributed by atoms with Crippen LogP contribution in [0.5, 0.6) is 6.01 Å². The molecular weight excluding hydrogens is 530 g/mol. The van der Waals surface area contributed by atoms with E-state index in [-0.39, 0.29) is 13.2 Å². The van der Waals surface area contributed by atoms with Gasteiger partial charge in [-0.1, -0.05) is 54.6 Å². The zero-order chi connectivity index (χ0) is 28.6. The molecule has 2 heterocycles. The molecule has 13 heteroatoms. The molecule has 41 heavy (non-hydrogen) atoms. The largest absolute Gasteiger partial charge is 0.465 e. The Morgan fingerprint density at radius 3 is 2.51 bits per heavy atom. The van der Waals surface area contributed by atoms with Crippen molar-refractivity contribution in [1.29, 1.82) is 0 Å². The quantitative estimate of drug-likeness (QED) is 0.0946. The highest BCUT2D eigenvalue weighted by Crippen LogP contribution is 2.31. The van der Waals surface area contributed by atoms with Crippen LogP contribution in [0.1, 0.15) is 35.7 Å². The summed E-state index contributed by atoms with van der Waals surface area (Å²) in [4.78, 5) is 32.2. The van der Waals surface area contributed by atoms with Crippen LogP contribution in [0.3, 0.4) is 0 Å². The molecular formula is C28H27N7O6. The Labute approximate surface area is 234 Å². The summed E-state index contributed by atoms with van der Waals surface area (Å²) in [5, 5.41) is 23.8. The number of nitrogens with one attached hydrogen (secondary N) is 1. The number of para-hydroxylation sites is 1. The predicted molar refractivity (Wildman–Crippen MR) is 148 cm³/mol. The van der Waals surface area contributed by atoms with Crippen LogP contribution in [0.4, 0.5) is 0 Å². The Kier molecular flexibility index (Phi) is 8.43. The first-order valence-electron chi connectivity index (χ1n) is 13.0. The Morgan fingerprint density at radius 1 is 1.00 bits per heavy atom. The molecule has 5 aromatic rings. The van der Waals surface area contributed by atoms with Crippen LogP contribution in [-0.4, -0.2) is 61.1 Å². The second kappa shape index (κ2) is 12.7. The molecule has 0 bridgehead atoms. The smallest absolute Gasteiger partial charge is 0.340 e. The lowest BCUT2D eigenvalue weighted by atomic mass is 9.98. The second-order valence-corrected chi connectivity index (χ2v) is 8.96. The van der Waals surface area contributed by atoms with Gasteiger partial charge in [0.1, 0.15) is 0 Å². The van der Waals surface area contributed by atoms with E-state index in [0.717, 1.165) is 22.3 Å². The molecule has 0 saturated heterocycles. The van der Waals surface area contributed by atoms with Crippen molar-refractivity contribution in [2.24, 2.45) is 0 Å². The fourth-order valence-corrected chi connectivity index (χ4v) is 4.48. The molecule has 0 saturated carbocycles. The van der Waals surface area contributed by atoms with Crippen molar-refractivity contribution in [3.63, 3.8) is 0 Å². The lowest BCUT2D eigenvalue weighted by Gasteiger charge is -2.13. The summed E-state index contributed by atoms with van der Waals surface area (Å²) in [7, 11) is 0. The fourth-order valence-electron chi connectivity index (χ4n) is 4.48. The van der Waals surface area contributed by atoms with Gasteiger partial charge in [0.2, 0.25) is 5.82 Å². The van der Waals surface area contributed by atoms with E-state index < -0.39 is 11.1 Å². The number of hydrogen-bond acceptors (Lipinski definition) is 10. The van der Waals surface area contributed by atoms with E-state index in [0.29, 0.717) is 54.4 Å². The predicted octanol–water partition coefficient (Wildman–Crippen LogP) is 4.48. The van der Waals surface area contributed by atoms with Crippen LogP contribution in [0.2, 0.25) is 0 Å². The van der Waals surface area contributed by atoms with Crippen LogP contribution in [-0.2, 0) is 16.1 Å².